The van der Waals surface area contributed by atoms with Crippen molar-refractivity contribution in [2.75, 3.05) is 19.8 Å². The van der Waals surface area contributed by atoms with Gasteiger partial charge in [0, 0.05) is 24.4 Å². The van der Waals surface area contributed by atoms with Crippen LogP contribution in [0.15, 0.2) is 58.4 Å². The number of hydrogen-bond donors (Lipinski definition) is 4. The molecule has 1 atom stereocenters. The summed E-state index contributed by atoms with van der Waals surface area (Å²) in [7, 11) is -4.00. The van der Waals surface area contributed by atoms with E-state index in [1.54, 1.807) is 13.8 Å². The van der Waals surface area contributed by atoms with Gasteiger partial charge in [0.15, 0.2) is 0 Å². The van der Waals surface area contributed by atoms with Gasteiger partial charge < -0.3 is 25.6 Å². The number of hydrogen-bond acceptors (Lipinski definition) is 7. The minimum Gasteiger partial charge on any atom is -0.487 e. The first kappa shape index (κ1) is 32.3. The van der Waals surface area contributed by atoms with E-state index in [1.807, 2.05) is 45.0 Å². The van der Waals surface area contributed by atoms with E-state index in [0.717, 1.165) is 39.1 Å². The lowest BCUT2D eigenvalue weighted by Gasteiger charge is -2.19. The van der Waals surface area contributed by atoms with E-state index < -0.39 is 27.8 Å². The van der Waals surface area contributed by atoms with Gasteiger partial charge in [-0.05, 0) is 86.4 Å². The number of benzene rings is 3. The predicted octanol–water partition coefficient (Wildman–Crippen LogP) is 4.60. The Kier molecular flexibility index (Phi) is 9.14. The van der Waals surface area contributed by atoms with Gasteiger partial charge >= 0.3 is 6.09 Å². The third-order valence-electron chi connectivity index (χ3n) is 8.68. The number of carbonyl (C=O) groups is 1. The number of nitrogens with zero attached hydrogens (tertiary/aromatic N) is 1. The highest BCUT2D eigenvalue weighted by atomic mass is 32.2. The SMILES string of the molecule is Cc1c(C)c(S(=O)(=O)NC(N)=NCCCC(CO)NC(=O)OCC2c3ccccc3-c3ccccc32)c(C)c2c1OC(C)(C)C2. The molecule has 0 aromatic heterocycles. The molecule has 240 valence electrons. The molecule has 5 rings (SSSR count). The number of sulfonamides is 1. The summed E-state index contributed by atoms with van der Waals surface area (Å²) in [6.07, 6.45) is 0.829. The second-order valence-corrected chi connectivity index (χ2v) is 14.0. The summed E-state index contributed by atoms with van der Waals surface area (Å²) in [4.78, 5) is 17.0. The van der Waals surface area contributed by atoms with E-state index in [1.165, 1.54) is 0 Å². The van der Waals surface area contributed by atoms with Crippen molar-refractivity contribution in [2.24, 2.45) is 10.7 Å². The van der Waals surface area contributed by atoms with Gasteiger partial charge in [0.2, 0.25) is 5.96 Å². The average Bonchev–Trinajstić information content (AvgIpc) is 3.50. The van der Waals surface area contributed by atoms with Crippen molar-refractivity contribution in [3.8, 4) is 16.9 Å². The number of nitrogens with two attached hydrogens (primary N) is 1. The van der Waals surface area contributed by atoms with Crippen molar-refractivity contribution in [3.05, 3.63) is 81.9 Å². The molecule has 0 saturated carbocycles. The van der Waals surface area contributed by atoms with E-state index >= 15 is 0 Å². The Morgan fingerprint density at radius 1 is 1.07 bits per heavy atom. The van der Waals surface area contributed by atoms with Crippen LogP contribution >= 0.6 is 0 Å². The number of rotatable bonds is 10. The van der Waals surface area contributed by atoms with Crippen LogP contribution in [-0.4, -0.2) is 57.0 Å². The van der Waals surface area contributed by atoms with Crippen molar-refractivity contribution in [1.82, 2.24) is 10.0 Å². The standard InChI is InChI=1S/C34H42N4O6S/c1-20-21(2)31(22(3)28-17-34(4,5)44-30(20)28)45(41,42)38-32(35)36-16-10-11-23(18-39)37-33(40)43-19-29-26-14-8-6-12-24(26)25-13-7-9-15-27(25)29/h6-9,12-15,23,29,39H,10-11,16-19H2,1-5H3,(H,37,40)(H3,35,36,38). The fourth-order valence-electron chi connectivity index (χ4n) is 6.42. The summed E-state index contributed by atoms with van der Waals surface area (Å²) in [5.41, 5.74) is 13.0. The highest BCUT2D eigenvalue weighted by Gasteiger charge is 2.37. The maximum Gasteiger partial charge on any atom is 0.407 e. The largest absolute Gasteiger partial charge is 0.487 e. The Balaban J connectivity index is 1.13. The molecule has 10 nitrogen and oxygen atoms in total. The molecule has 11 heteroatoms. The molecule has 0 radical (unpaired) electrons. The Bertz CT molecular complexity index is 1710. The molecule has 3 aromatic carbocycles. The number of carbonyl (C=O) groups excluding carboxylic acids is 1. The van der Waals surface area contributed by atoms with E-state index in [4.69, 9.17) is 15.2 Å². The third-order valence-corrected chi connectivity index (χ3v) is 10.3. The molecule has 1 aliphatic carbocycles. The molecule has 0 spiro atoms. The summed E-state index contributed by atoms with van der Waals surface area (Å²) in [5.74, 6) is 0.458. The van der Waals surface area contributed by atoms with Gasteiger partial charge in [-0.25, -0.2) is 17.9 Å². The van der Waals surface area contributed by atoms with Crippen LogP contribution in [0.4, 0.5) is 4.79 Å². The maximum absolute atomic E-state index is 13.4. The van der Waals surface area contributed by atoms with Gasteiger partial charge in [0.05, 0.1) is 17.5 Å². The molecule has 1 heterocycles. The summed E-state index contributed by atoms with van der Waals surface area (Å²) in [5, 5.41) is 12.6. The molecule has 1 amide bonds. The number of fused-ring (bicyclic) bond motifs is 4. The fraction of sp³-hybridized carbons (Fsp3) is 0.412. The first-order valence-electron chi connectivity index (χ1n) is 15.2. The zero-order valence-electron chi connectivity index (χ0n) is 26.4. The van der Waals surface area contributed by atoms with E-state index in [0.29, 0.717) is 30.4 Å². The fourth-order valence-corrected chi connectivity index (χ4v) is 7.95. The number of amides is 1. The molecule has 0 bridgehead atoms. The number of alkyl carbamates (subject to hydrolysis) is 1. The second-order valence-electron chi connectivity index (χ2n) is 12.4. The van der Waals surface area contributed by atoms with Crippen LogP contribution in [0.2, 0.25) is 0 Å². The highest BCUT2D eigenvalue weighted by Crippen LogP contribution is 2.45. The van der Waals surface area contributed by atoms with Crippen molar-refractivity contribution >= 4 is 22.1 Å². The Labute approximate surface area is 265 Å². The molecular weight excluding hydrogens is 592 g/mol. The zero-order chi connectivity index (χ0) is 32.5. The first-order valence-corrected chi connectivity index (χ1v) is 16.7. The average molecular weight is 635 g/mol. The van der Waals surface area contributed by atoms with E-state index in [2.05, 4.69) is 39.3 Å². The van der Waals surface area contributed by atoms with Crippen molar-refractivity contribution < 1.29 is 27.8 Å². The topological polar surface area (TPSA) is 152 Å². The smallest absolute Gasteiger partial charge is 0.407 e. The van der Waals surface area contributed by atoms with Gasteiger partial charge in [-0.2, -0.15) is 0 Å². The molecule has 45 heavy (non-hydrogen) atoms. The van der Waals surface area contributed by atoms with Gasteiger partial charge in [0.1, 0.15) is 18.0 Å². The Morgan fingerprint density at radius 3 is 2.31 bits per heavy atom. The van der Waals surface area contributed by atoms with E-state index in [-0.39, 0.29) is 36.5 Å². The molecule has 5 N–H and O–H groups in total. The Hall–Kier alpha value is -4.09. The monoisotopic (exact) mass is 634 g/mol. The van der Waals surface area contributed by atoms with Crippen molar-refractivity contribution in [1.29, 1.82) is 0 Å². The summed E-state index contributed by atoms with van der Waals surface area (Å²) in [6.45, 7) is 9.45. The summed E-state index contributed by atoms with van der Waals surface area (Å²) in [6, 6.07) is 15.6. The first-order chi connectivity index (χ1) is 21.3. The number of guanidine groups is 1. The molecule has 0 saturated heterocycles. The lowest BCUT2D eigenvalue weighted by Crippen LogP contribution is -2.39. The van der Waals surface area contributed by atoms with Gasteiger partial charge in [-0.1, -0.05) is 48.5 Å². The third kappa shape index (κ3) is 6.64. The van der Waals surface area contributed by atoms with Crippen molar-refractivity contribution in [2.45, 2.75) is 76.3 Å². The zero-order valence-corrected chi connectivity index (χ0v) is 27.3. The van der Waals surface area contributed by atoms with Crippen molar-refractivity contribution in [3.63, 3.8) is 0 Å². The molecule has 1 aliphatic heterocycles. The number of aliphatic hydroxyl groups excluding tert-OH is 1. The molecular formula is C34H42N4O6S. The van der Waals surface area contributed by atoms with Crippen LogP contribution in [0.3, 0.4) is 0 Å². The highest BCUT2D eigenvalue weighted by molar-refractivity contribution is 7.90. The van der Waals surface area contributed by atoms with Crippen LogP contribution in [-0.2, 0) is 21.2 Å². The van der Waals surface area contributed by atoms with Gasteiger partial charge in [-0.3, -0.25) is 4.99 Å². The van der Waals surface area contributed by atoms with Crippen LogP contribution in [0.25, 0.3) is 11.1 Å². The Morgan fingerprint density at radius 2 is 1.69 bits per heavy atom. The lowest BCUT2D eigenvalue weighted by atomic mass is 9.94. The summed E-state index contributed by atoms with van der Waals surface area (Å²) >= 11 is 0. The maximum atomic E-state index is 13.4. The number of aliphatic hydroxyl groups is 1. The normalized spacial score (nSPS) is 15.9. The van der Waals surface area contributed by atoms with Gasteiger partial charge in [-0.15, -0.1) is 0 Å². The quantitative estimate of drug-likeness (QED) is 0.145. The van der Waals surface area contributed by atoms with Crippen LogP contribution in [0.5, 0.6) is 5.75 Å². The van der Waals surface area contributed by atoms with E-state index in [9.17, 15) is 18.3 Å². The summed E-state index contributed by atoms with van der Waals surface area (Å²) < 4.78 is 40.9. The lowest BCUT2D eigenvalue weighted by molar-refractivity contribution is 0.131. The number of ether oxygens (including phenoxy) is 2. The molecule has 2 aliphatic rings. The minimum atomic E-state index is -4.00. The van der Waals surface area contributed by atoms with Crippen LogP contribution < -0.4 is 20.5 Å². The number of nitrogens with one attached hydrogen (secondary N) is 2. The number of aliphatic imine (C=N–C) groups is 1. The molecule has 0 fully saturated rings. The van der Waals surface area contributed by atoms with Crippen LogP contribution in [0, 0.1) is 20.8 Å². The molecule has 1 unspecified atom stereocenters. The predicted molar refractivity (Wildman–Crippen MR) is 174 cm³/mol. The molecule has 3 aromatic rings. The minimum absolute atomic E-state index is 0.0645. The second kappa shape index (κ2) is 12.7. The van der Waals surface area contributed by atoms with Gasteiger partial charge in [0.25, 0.3) is 10.0 Å². The van der Waals surface area contributed by atoms with Crippen LogP contribution in [0.1, 0.15) is 66.0 Å².